The fraction of sp³-hybridized carbons (Fsp3) is 0.625. The predicted molar refractivity (Wildman–Crippen MR) is 88.0 cm³/mol. The SMILES string of the molecule is CC1Cc2c(Br)cccc2C1O[Si](C)(C)C(C)(C)C. The van der Waals surface area contributed by atoms with E-state index in [-0.39, 0.29) is 11.1 Å². The standard InChI is InChI=1S/C16H25BrOSi/c1-11-10-13-12(8-7-9-14(13)17)15(11)18-19(5,6)16(2,3)4/h7-9,11,15H,10H2,1-6H3. The number of rotatable bonds is 2. The van der Waals surface area contributed by atoms with E-state index >= 15 is 0 Å². The van der Waals surface area contributed by atoms with Crippen LogP contribution in [0.25, 0.3) is 0 Å². The Morgan fingerprint density at radius 1 is 1.26 bits per heavy atom. The summed E-state index contributed by atoms with van der Waals surface area (Å²) in [4.78, 5) is 0. The van der Waals surface area contributed by atoms with Crippen LogP contribution in [0.2, 0.25) is 18.1 Å². The molecule has 2 atom stereocenters. The molecule has 2 unspecified atom stereocenters. The molecule has 3 heteroatoms. The molecule has 1 aliphatic rings. The van der Waals surface area contributed by atoms with Crippen molar-refractivity contribution in [3.05, 3.63) is 33.8 Å². The molecule has 0 aromatic heterocycles. The third kappa shape index (κ3) is 2.83. The Balaban J connectivity index is 2.31. The fourth-order valence-corrected chi connectivity index (χ4v) is 4.36. The van der Waals surface area contributed by atoms with Crippen molar-refractivity contribution in [3.63, 3.8) is 0 Å². The smallest absolute Gasteiger partial charge is 0.192 e. The first-order valence-electron chi connectivity index (χ1n) is 7.08. The molecule has 19 heavy (non-hydrogen) atoms. The minimum Gasteiger partial charge on any atom is -0.410 e. The van der Waals surface area contributed by atoms with E-state index in [9.17, 15) is 0 Å². The maximum absolute atomic E-state index is 6.68. The quantitative estimate of drug-likeness (QED) is 0.627. The lowest BCUT2D eigenvalue weighted by Gasteiger charge is -2.39. The zero-order valence-corrected chi connectivity index (χ0v) is 15.5. The molecule has 0 radical (unpaired) electrons. The molecule has 1 aromatic carbocycles. The second kappa shape index (κ2) is 5.01. The van der Waals surface area contributed by atoms with Gasteiger partial charge in [-0.1, -0.05) is 55.8 Å². The predicted octanol–water partition coefficient (Wildman–Crippen LogP) is 5.70. The van der Waals surface area contributed by atoms with Gasteiger partial charge in [-0.3, -0.25) is 0 Å². The van der Waals surface area contributed by atoms with E-state index in [0.717, 1.165) is 6.42 Å². The Morgan fingerprint density at radius 3 is 2.47 bits per heavy atom. The average Bonchev–Trinajstić information content (AvgIpc) is 2.56. The van der Waals surface area contributed by atoms with Crippen LogP contribution in [-0.4, -0.2) is 8.32 Å². The maximum atomic E-state index is 6.68. The van der Waals surface area contributed by atoms with Gasteiger partial charge in [-0.25, -0.2) is 0 Å². The van der Waals surface area contributed by atoms with Crippen LogP contribution in [0.15, 0.2) is 22.7 Å². The first-order chi connectivity index (χ1) is 8.63. The normalized spacial score (nSPS) is 23.5. The van der Waals surface area contributed by atoms with E-state index in [1.54, 1.807) is 0 Å². The van der Waals surface area contributed by atoms with Crippen molar-refractivity contribution in [3.8, 4) is 0 Å². The van der Waals surface area contributed by atoms with Gasteiger partial charge in [0.15, 0.2) is 8.32 Å². The van der Waals surface area contributed by atoms with Gasteiger partial charge in [-0.05, 0) is 47.7 Å². The van der Waals surface area contributed by atoms with Crippen molar-refractivity contribution in [2.75, 3.05) is 0 Å². The molecule has 0 heterocycles. The van der Waals surface area contributed by atoms with Gasteiger partial charge >= 0.3 is 0 Å². The fourth-order valence-electron chi connectivity index (χ4n) is 2.47. The summed E-state index contributed by atoms with van der Waals surface area (Å²) < 4.78 is 7.91. The highest BCUT2D eigenvalue weighted by molar-refractivity contribution is 9.10. The van der Waals surface area contributed by atoms with Crippen molar-refractivity contribution >= 4 is 24.2 Å². The van der Waals surface area contributed by atoms with Gasteiger partial charge < -0.3 is 4.43 Å². The average molecular weight is 341 g/mol. The summed E-state index contributed by atoms with van der Waals surface area (Å²) in [6, 6.07) is 6.50. The number of hydrogen-bond acceptors (Lipinski definition) is 1. The summed E-state index contributed by atoms with van der Waals surface area (Å²) >= 11 is 3.68. The van der Waals surface area contributed by atoms with Crippen LogP contribution in [0, 0.1) is 5.92 Å². The monoisotopic (exact) mass is 340 g/mol. The minimum absolute atomic E-state index is 0.265. The summed E-state index contributed by atoms with van der Waals surface area (Å²) in [6.07, 6.45) is 1.39. The Kier molecular flexibility index (Phi) is 4.03. The Labute approximate surface area is 127 Å². The van der Waals surface area contributed by atoms with Gasteiger partial charge in [0.05, 0.1) is 6.10 Å². The van der Waals surface area contributed by atoms with Gasteiger partial charge in [-0.2, -0.15) is 0 Å². The van der Waals surface area contributed by atoms with E-state index in [1.807, 2.05) is 0 Å². The maximum Gasteiger partial charge on any atom is 0.192 e. The van der Waals surface area contributed by atoms with E-state index in [0.29, 0.717) is 5.92 Å². The topological polar surface area (TPSA) is 9.23 Å². The van der Waals surface area contributed by atoms with Crippen molar-refractivity contribution in [1.29, 1.82) is 0 Å². The van der Waals surface area contributed by atoms with E-state index < -0.39 is 8.32 Å². The van der Waals surface area contributed by atoms with Crippen molar-refractivity contribution in [2.24, 2.45) is 5.92 Å². The molecule has 0 fully saturated rings. The summed E-state index contributed by atoms with van der Waals surface area (Å²) in [5, 5.41) is 0.265. The van der Waals surface area contributed by atoms with Crippen LogP contribution in [0.1, 0.15) is 44.9 Å². The zero-order valence-electron chi connectivity index (χ0n) is 12.9. The number of benzene rings is 1. The second-order valence-electron chi connectivity index (χ2n) is 7.29. The van der Waals surface area contributed by atoms with Gasteiger partial charge in [0, 0.05) is 4.47 Å². The van der Waals surface area contributed by atoms with Gasteiger partial charge in [0.2, 0.25) is 0 Å². The van der Waals surface area contributed by atoms with Crippen molar-refractivity contribution in [1.82, 2.24) is 0 Å². The molecule has 0 aliphatic heterocycles. The Bertz CT molecular complexity index is 476. The molecule has 0 saturated carbocycles. The third-order valence-electron chi connectivity index (χ3n) is 4.73. The molecule has 0 amide bonds. The van der Waals surface area contributed by atoms with Crippen LogP contribution in [0.3, 0.4) is 0 Å². The first-order valence-corrected chi connectivity index (χ1v) is 10.8. The van der Waals surface area contributed by atoms with Crippen molar-refractivity contribution in [2.45, 2.75) is 58.4 Å². The molecule has 0 N–H and O–H groups in total. The minimum atomic E-state index is -1.71. The van der Waals surface area contributed by atoms with Crippen molar-refractivity contribution < 1.29 is 4.43 Å². The van der Waals surface area contributed by atoms with E-state index in [4.69, 9.17) is 4.43 Å². The van der Waals surface area contributed by atoms with E-state index in [2.05, 4.69) is 74.9 Å². The summed E-state index contributed by atoms with van der Waals surface area (Å²) in [5.74, 6) is 0.572. The van der Waals surface area contributed by atoms with Gasteiger partial charge in [0.1, 0.15) is 0 Å². The molecular formula is C16H25BrOSi. The highest BCUT2D eigenvalue weighted by Crippen LogP contribution is 2.47. The lowest BCUT2D eigenvalue weighted by Crippen LogP contribution is -2.42. The molecule has 1 nitrogen and oxygen atoms in total. The molecule has 2 rings (SSSR count). The molecule has 0 bridgehead atoms. The van der Waals surface area contributed by atoms with Gasteiger partial charge in [-0.15, -0.1) is 0 Å². The lowest BCUT2D eigenvalue weighted by molar-refractivity contribution is 0.141. The van der Waals surface area contributed by atoms with Gasteiger partial charge in [0.25, 0.3) is 0 Å². The number of hydrogen-bond donors (Lipinski definition) is 0. The van der Waals surface area contributed by atoms with Crippen LogP contribution < -0.4 is 0 Å². The number of halogens is 1. The highest BCUT2D eigenvalue weighted by atomic mass is 79.9. The number of fused-ring (bicyclic) bond motifs is 1. The molecule has 0 saturated heterocycles. The molecular weight excluding hydrogens is 316 g/mol. The Hall–Kier alpha value is -0.123. The lowest BCUT2D eigenvalue weighted by atomic mass is 10.1. The summed E-state index contributed by atoms with van der Waals surface area (Å²) in [6.45, 7) is 13.9. The zero-order chi connectivity index (χ0) is 14.4. The van der Waals surface area contributed by atoms with Crippen LogP contribution in [0.4, 0.5) is 0 Å². The summed E-state index contributed by atoms with van der Waals surface area (Å²) in [5.41, 5.74) is 2.84. The third-order valence-corrected chi connectivity index (χ3v) is 9.93. The molecule has 1 aromatic rings. The van der Waals surface area contributed by atoms with Crippen LogP contribution in [0.5, 0.6) is 0 Å². The van der Waals surface area contributed by atoms with Crippen LogP contribution in [-0.2, 0) is 10.8 Å². The largest absolute Gasteiger partial charge is 0.410 e. The highest BCUT2D eigenvalue weighted by Gasteiger charge is 2.42. The second-order valence-corrected chi connectivity index (χ2v) is 12.9. The molecule has 1 aliphatic carbocycles. The Morgan fingerprint density at radius 2 is 1.89 bits per heavy atom. The first kappa shape index (κ1) is 15.3. The molecule has 0 spiro atoms. The van der Waals surface area contributed by atoms with E-state index in [1.165, 1.54) is 15.6 Å². The summed E-state index contributed by atoms with van der Waals surface area (Å²) in [7, 11) is -1.71. The molecule has 106 valence electrons. The van der Waals surface area contributed by atoms with Crippen LogP contribution >= 0.6 is 15.9 Å².